The van der Waals surface area contributed by atoms with Crippen molar-refractivity contribution in [3.8, 4) is 22.3 Å². The smallest absolute Gasteiger partial charge is 0.336 e. The van der Waals surface area contributed by atoms with Crippen molar-refractivity contribution >= 4 is 44.3 Å². The summed E-state index contributed by atoms with van der Waals surface area (Å²) < 4.78 is 0. The van der Waals surface area contributed by atoms with Crippen LogP contribution in [0.25, 0.3) is 54.6 Å². The van der Waals surface area contributed by atoms with Gasteiger partial charge in [-0.1, -0.05) is 84.9 Å². The first-order valence-electron chi connectivity index (χ1n) is 11.6. The number of carboxylic acid groups (broad SMARTS) is 2. The maximum atomic E-state index is 12.2. The van der Waals surface area contributed by atoms with E-state index in [-0.39, 0.29) is 11.1 Å². The minimum atomic E-state index is -0.994. The van der Waals surface area contributed by atoms with Crippen molar-refractivity contribution in [2.45, 2.75) is 0 Å². The van der Waals surface area contributed by atoms with Crippen molar-refractivity contribution in [3.05, 3.63) is 120 Å². The first-order chi connectivity index (χ1) is 17.5. The van der Waals surface area contributed by atoms with E-state index >= 15 is 0 Å². The van der Waals surface area contributed by atoms with Crippen LogP contribution in [0.2, 0.25) is 0 Å². The van der Waals surface area contributed by atoms with Crippen molar-refractivity contribution in [2.75, 3.05) is 0 Å². The second-order valence-electron chi connectivity index (χ2n) is 8.81. The fraction of sp³-hybridized carbons (Fsp3) is 0. The van der Waals surface area contributed by atoms with Gasteiger partial charge in [-0.05, 0) is 78.8 Å². The SMILES string of the molecule is O=C(O)c1cc2ccccc2cc1-c1cccc2c(-c3cc4ccccc4cc3C(=O)O)cccc12. The Morgan fingerprint density at radius 1 is 0.417 bits per heavy atom. The van der Waals surface area contributed by atoms with Gasteiger partial charge in [-0.2, -0.15) is 0 Å². The van der Waals surface area contributed by atoms with E-state index < -0.39 is 11.9 Å². The predicted molar refractivity (Wildman–Crippen MR) is 144 cm³/mol. The molecule has 6 aromatic carbocycles. The van der Waals surface area contributed by atoms with E-state index in [0.717, 1.165) is 43.4 Å². The maximum Gasteiger partial charge on any atom is 0.336 e. The van der Waals surface area contributed by atoms with Gasteiger partial charge < -0.3 is 10.2 Å². The van der Waals surface area contributed by atoms with Gasteiger partial charge in [-0.25, -0.2) is 9.59 Å². The molecule has 0 amide bonds. The van der Waals surface area contributed by atoms with Crippen molar-refractivity contribution in [1.29, 1.82) is 0 Å². The van der Waals surface area contributed by atoms with Crippen LogP contribution >= 0.6 is 0 Å². The summed E-state index contributed by atoms with van der Waals surface area (Å²) >= 11 is 0. The molecule has 0 bridgehead atoms. The number of hydrogen-bond acceptors (Lipinski definition) is 2. The monoisotopic (exact) mass is 468 g/mol. The van der Waals surface area contributed by atoms with Crippen molar-refractivity contribution in [1.82, 2.24) is 0 Å². The summed E-state index contributed by atoms with van der Waals surface area (Å²) in [6.07, 6.45) is 0. The fourth-order valence-corrected chi connectivity index (χ4v) is 5.06. The lowest BCUT2D eigenvalue weighted by Gasteiger charge is -2.15. The summed E-state index contributed by atoms with van der Waals surface area (Å²) in [4.78, 5) is 24.5. The Labute approximate surface area is 206 Å². The Balaban J connectivity index is 1.66. The van der Waals surface area contributed by atoms with Crippen LogP contribution in [0.1, 0.15) is 20.7 Å². The largest absolute Gasteiger partial charge is 0.478 e. The van der Waals surface area contributed by atoms with E-state index in [2.05, 4.69) is 0 Å². The fourth-order valence-electron chi connectivity index (χ4n) is 5.06. The van der Waals surface area contributed by atoms with E-state index in [1.807, 2.05) is 97.1 Å². The summed E-state index contributed by atoms with van der Waals surface area (Å²) in [6.45, 7) is 0. The van der Waals surface area contributed by atoms with Crippen LogP contribution in [0.15, 0.2) is 109 Å². The van der Waals surface area contributed by atoms with Gasteiger partial charge >= 0.3 is 11.9 Å². The Morgan fingerprint density at radius 2 is 0.778 bits per heavy atom. The van der Waals surface area contributed by atoms with Gasteiger partial charge in [0.1, 0.15) is 0 Å². The summed E-state index contributed by atoms with van der Waals surface area (Å²) in [5.74, 6) is -1.99. The average molecular weight is 469 g/mol. The molecule has 172 valence electrons. The van der Waals surface area contributed by atoms with Crippen LogP contribution in [0.5, 0.6) is 0 Å². The molecular formula is C32H20O4. The molecule has 0 aromatic heterocycles. The van der Waals surface area contributed by atoms with Crippen LogP contribution < -0.4 is 0 Å². The zero-order valence-electron chi connectivity index (χ0n) is 19.1. The Bertz CT molecular complexity index is 1710. The Hall–Kier alpha value is -4.96. The minimum absolute atomic E-state index is 0.225. The molecule has 0 saturated carbocycles. The molecule has 4 nitrogen and oxygen atoms in total. The molecule has 0 fully saturated rings. The van der Waals surface area contributed by atoms with E-state index in [0.29, 0.717) is 11.1 Å². The molecule has 0 aliphatic carbocycles. The molecule has 6 aromatic rings. The summed E-state index contributed by atoms with van der Waals surface area (Å²) in [5, 5.41) is 25.4. The van der Waals surface area contributed by atoms with Gasteiger partial charge in [0.2, 0.25) is 0 Å². The standard InChI is InChI=1S/C32H20O4/c33-31(34)29-17-21-9-3-1-7-19(21)15-27(29)25-13-5-12-24-23(25)11-6-14-26(24)28-16-20-8-2-4-10-22(20)18-30(28)32(35)36/h1-18H,(H,33,34)(H,35,36). The highest BCUT2D eigenvalue weighted by Crippen LogP contribution is 2.39. The van der Waals surface area contributed by atoms with Crippen LogP contribution in [-0.4, -0.2) is 22.2 Å². The number of carboxylic acids is 2. The third-order valence-corrected chi connectivity index (χ3v) is 6.73. The number of rotatable bonds is 4. The lowest BCUT2D eigenvalue weighted by molar-refractivity contribution is 0.0687. The van der Waals surface area contributed by atoms with Gasteiger partial charge in [0.25, 0.3) is 0 Å². The highest BCUT2D eigenvalue weighted by atomic mass is 16.4. The molecule has 0 aliphatic heterocycles. The molecule has 0 atom stereocenters. The second kappa shape index (κ2) is 8.36. The molecule has 0 heterocycles. The normalized spacial score (nSPS) is 11.2. The van der Waals surface area contributed by atoms with E-state index in [1.54, 1.807) is 12.1 Å². The molecule has 0 unspecified atom stereocenters. The van der Waals surface area contributed by atoms with E-state index in [9.17, 15) is 19.8 Å². The molecule has 36 heavy (non-hydrogen) atoms. The lowest BCUT2D eigenvalue weighted by Crippen LogP contribution is -2.01. The molecular weight excluding hydrogens is 448 g/mol. The third-order valence-electron chi connectivity index (χ3n) is 6.73. The maximum absolute atomic E-state index is 12.2. The van der Waals surface area contributed by atoms with Crippen LogP contribution in [0.4, 0.5) is 0 Å². The molecule has 0 saturated heterocycles. The van der Waals surface area contributed by atoms with Gasteiger partial charge in [0, 0.05) is 0 Å². The number of aromatic carboxylic acids is 2. The molecule has 6 rings (SSSR count). The number of hydrogen-bond donors (Lipinski definition) is 2. The summed E-state index contributed by atoms with van der Waals surface area (Å²) in [6, 6.07) is 34.2. The third kappa shape index (κ3) is 3.48. The van der Waals surface area contributed by atoms with E-state index in [4.69, 9.17) is 0 Å². The quantitative estimate of drug-likeness (QED) is 0.276. The second-order valence-corrected chi connectivity index (χ2v) is 8.81. The van der Waals surface area contributed by atoms with Crippen LogP contribution in [0.3, 0.4) is 0 Å². The summed E-state index contributed by atoms with van der Waals surface area (Å²) in [5.41, 5.74) is 3.28. The Kier molecular flexibility index (Phi) is 5.01. The number of benzene rings is 6. The van der Waals surface area contributed by atoms with Crippen LogP contribution in [-0.2, 0) is 0 Å². The van der Waals surface area contributed by atoms with Crippen LogP contribution in [0, 0.1) is 0 Å². The molecule has 0 radical (unpaired) electrons. The van der Waals surface area contributed by atoms with Crippen molar-refractivity contribution < 1.29 is 19.8 Å². The first kappa shape index (κ1) is 21.6. The molecule has 2 N–H and O–H groups in total. The zero-order chi connectivity index (χ0) is 24.8. The molecule has 4 heteroatoms. The Morgan fingerprint density at radius 3 is 1.14 bits per heavy atom. The highest BCUT2D eigenvalue weighted by Gasteiger charge is 2.19. The molecule has 0 spiro atoms. The zero-order valence-corrected chi connectivity index (χ0v) is 19.1. The van der Waals surface area contributed by atoms with Gasteiger partial charge in [0.15, 0.2) is 0 Å². The van der Waals surface area contributed by atoms with E-state index in [1.165, 1.54) is 0 Å². The summed E-state index contributed by atoms with van der Waals surface area (Å²) in [7, 11) is 0. The predicted octanol–water partition coefficient (Wildman–Crippen LogP) is 7.88. The minimum Gasteiger partial charge on any atom is -0.478 e. The number of carbonyl (C=O) groups is 2. The van der Waals surface area contributed by atoms with Gasteiger partial charge in [-0.15, -0.1) is 0 Å². The highest BCUT2D eigenvalue weighted by molar-refractivity contribution is 6.12. The first-order valence-corrected chi connectivity index (χ1v) is 11.6. The average Bonchev–Trinajstić information content (AvgIpc) is 2.90. The van der Waals surface area contributed by atoms with Gasteiger partial charge in [0.05, 0.1) is 11.1 Å². The van der Waals surface area contributed by atoms with Crippen molar-refractivity contribution in [2.24, 2.45) is 0 Å². The lowest BCUT2D eigenvalue weighted by atomic mass is 9.88. The topological polar surface area (TPSA) is 74.6 Å². The number of fused-ring (bicyclic) bond motifs is 3. The van der Waals surface area contributed by atoms with Crippen molar-refractivity contribution in [3.63, 3.8) is 0 Å². The van der Waals surface area contributed by atoms with Gasteiger partial charge in [-0.3, -0.25) is 0 Å². The molecule has 0 aliphatic rings.